The van der Waals surface area contributed by atoms with Gasteiger partial charge in [0, 0.05) is 26.0 Å². The van der Waals surface area contributed by atoms with Crippen LogP contribution in [0.2, 0.25) is 5.02 Å². The van der Waals surface area contributed by atoms with Crippen molar-refractivity contribution in [2.24, 2.45) is 0 Å². The molecule has 2 rings (SSSR count). The van der Waals surface area contributed by atoms with Crippen LogP contribution < -0.4 is 10.0 Å². The zero-order valence-electron chi connectivity index (χ0n) is 11.7. The number of halogens is 1. The van der Waals surface area contributed by atoms with Crippen molar-refractivity contribution in [3.05, 3.63) is 35.2 Å². The van der Waals surface area contributed by atoms with E-state index in [-0.39, 0.29) is 16.5 Å². The van der Waals surface area contributed by atoms with E-state index in [1.165, 1.54) is 12.3 Å². The van der Waals surface area contributed by atoms with Crippen LogP contribution in [0.25, 0.3) is 0 Å². The lowest BCUT2D eigenvalue weighted by Gasteiger charge is -2.08. The maximum absolute atomic E-state index is 12.1. The maximum Gasteiger partial charge on any atom is 0.242 e. The SMILES string of the molecule is CNc1ncc(S(=O)(=O)NCCn2cc(C)cn2)cc1Cl. The molecular formula is C12H16ClN5O2S. The number of pyridine rings is 1. The molecule has 7 nitrogen and oxygen atoms in total. The highest BCUT2D eigenvalue weighted by Crippen LogP contribution is 2.21. The Bertz CT molecular complexity index is 729. The quantitative estimate of drug-likeness (QED) is 0.833. The van der Waals surface area contributed by atoms with Crippen molar-refractivity contribution in [3.63, 3.8) is 0 Å². The highest BCUT2D eigenvalue weighted by molar-refractivity contribution is 7.89. The minimum absolute atomic E-state index is 0.0307. The minimum Gasteiger partial charge on any atom is -0.372 e. The first-order chi connectivity index (χ1) is 9.92. The summed E-state index contributed by atoms with van der Waals surface area (Å²) in [5.74, 6) is 0.433. The van der Waals surface area contributed by atoms with Crippen molar-refractivity contribution in [2.75, 3.05) is 18.9 Å². The second-order valence-electron chi connectivity index (χ2n) is 4.43. The van der Waals surface area contributed by atoms with E-state index < -0.39 is 10.0 Å². The molecule has 21 heavy (non-hydrogen) atoms. The molecule has 114 valence electrons. The number of rotatable bonds is 6. The fraction of sp³-hybridized carbons (Fsp3) is 0.333. The van der Waals surface area contributed by atoms with Gasteiger partial charge in [0.1, 0.15) is 10.7 Å². The molecule has 2 aromatic heterocycles. The van der Waals surface area contributed by atoms with Gasteiger partial charge < -0.3 is 5.32 Å². The van der Waals surface area contributed by atoms with Gasteiger partial charge in [0.2, 0.25) is 10.0 Å². The Morgan fingerprint density at radius 2 is 2.14 bits per heavy atom. The van der Waals surface area contributed by atoms with Crippen LogP contribution in [0, 0.1) is 6.92 Å². The van der Waals surface area contributed by atoms with Crippen LogP contribution >= 0.6 is 11.6 Å². The summed E-state index contributed by atoms with van der Waals surface area (Å²) in [6.07, 6.45) is 4.82. The van der Waals surface area contributed by atoms with Gasteiger partial charge in [0.05, 0.1) is 17.8 Å². The minimum atomic E-state index is -3.64. The molecule has 2 heterocycles. The standard InChI is InChI=1S/C12H16ClN5O2S/c1-9-6-16-18(8-9)4-3-17-21(19,20)10-5-11(13)12(14-2)15-7-10/h5-8,17H,3-4H2,1-2H3,(H,14,15). The van der Waals surface area contributed by atoms with Crippen LogP contribution in [0.1, 0.15) is 5.56 Å². The number of hydrogen-bond donors (Lipinski definition) is 2. The second-order valence-corrected chi connectivity index (χ2v) is 6.60. The second kappa shape index (κ2) is 6.42. The number of anilines is 1. The Balaban J connectivity index is 2.02. The van der Waals surface area contributed by atoms with Crippen LogP contribution in [0.5, 0.6) is 0 Å². The summed E-state index contributed by atoms with van der Waals surface area (Å²) in [6, 6.07) is 1.36. The molecule has 0 radical (unpaired) electrons. The van der Waals surface area contributed by atoms with Crippen LogP contribution in [-0.2, 0) is 16.6 Å². The molecule has 0 amide bonds. The number of hydrogen-bond acceptors (Lipinski definition) is 5. The lowest BCUT2D eigenvalue weighted by molar-refractivity contribution is 0.560. The Morgan fingerprint density at radius 3 is 2.71 bits per heavy atom. The largest absolute Gasteiger partial charge is 0.372 e. The number of nitrogens with zero attached hydrogens (tertiary/aromatic N) is 3. The molecular weight excluding hydrogens is 314 g/mol. The summed E-state index contributed by atoms with van der Waals surface area (Å²) >= 11 is 5.94. The molecule has 0 spiro atoms. The van der Waals surface area contributed by atoms with Gasteiger partial charge in [0.25, 0.3) is 0 Å². The molecule has 2 aromatic rings. The van der Waals surface area contributed by atoms with Gasteiger partial charge in [-0.1, -0.05) is 11.6 Å². The third-order valence-corrected chi connectivity index (χ3v) is 4.47. The normalized spacial score (nSPS) is 11.6. The lowest BCUT2D eigenvalue weighted by Crippen LogP contribution is -2.27. The summed E-state index contributed by atoms with van der Waals surface area (Å²) in [6.45, 7) is 2.60. The van der Waals surface area contributed by atoms with Crippen molar-refractivity contribution in [3.8, 4) is 0 Å². The van der Waals surface area contributed by atoms with E-state index in [4.69, 9.17) is 11.6 Å². The maximum atomic E-state index is 12.1. The fourth-order valence-electron chi connectivity index (χ4n) is 1.72. The molecule has 9 heteroatoms. The third-order valence-electron chi connectivity index (χ3n) is 2.76. The zero-order valence-corrected chi connectivity index (χ0v) is 13.2. The van der Waals surface area contributed by atoms with Gasteiger partial charge in [-0.3, -0.25) is 4.68 Å². The molecule has 0 fully saturated rings. The van der Waals surface area contributed by atoms with E-state index in [0.29, 0.717) is 12.4 Å². The topological polar surface area (TPSA) is 88.9 Å². The summed E-state index contributed by atoms with van der Waals surface area (Å²) in [7, 11) is -1.98. The Morgan fingerprint density at radius 1 is 1.38 bits per heavy atom. The molecule has 0 aliphatic rings. The molecule has 0 saturated heterocycles. The van der Waals surface area contributed by atoms with E-state index in [0.717, 1.165) is 5.56 Å². The van der Waals surface area contributed by atoms with Gasteiger partial charge in [-0.15, -0.1) is 0 Å². The van der Waals surface area contributed by atoms with Gasteiger partial charge in [-0.05, 0) is 18.6 Å². The van der Waals surface area contributed by atoms with Crippen molar-refractivity contribution in [2.45, 2.75) is 18.4 Å². The molecule has 0 bridgehead atoms. The lowest BCUT2D eigenvalue weighted by atomic mass is 10.4. The highest BCUT2D eigenvalue weighted by atomic mass is 35.5. The fourth-order valence-corrected chi connectivity index (χ4v) is 3.04. The molecule has 0 aromatic carbocycles. The molecule has 0 aliphatic carbocycles. The number of nitrogens with one attached hydrogen (secondary N) is 2. The summed E-state index contributed by atoms with van der Waals surface area (Å²) in [5, 5.41) is 7.11. The van der Waals surface area contributed by atoms with E-state index >= 15 is 0 Å². The Kier molecular flexibility index (Phi) is 4.81. The van der Waals surface area contributed by atoms with Crippen molar-refractivity contribution in [1.82, 2.24) is 19.5 Å². The molecule has 0 saturated carbocycles. The number of sulfonamides is 1. The van der Waals surface area contributed by atoms with Crippen LogP contribution in [-0.4, -0.2) is 36.8 Å². The summed E-state index contributed by atoms with van der Waals surface area (Å²) < 4.78 is 28.4. The summed E-state index contributed by atoms with van der Waals surface area (Å²) in [5.41, 5.74) is 1.02. The van der Waals surface area contributed by atoms with Gasteiger partial charge in [-0.25, -0.2) is 18.1 Å². The van der Waals surface area contributed by atoms with Crippen molar-refractivity contribution in [1.29, 1.82) is 0 Å². The van der Waals surface area contributed by atoms with E-state index in [1.54, 1.807) is 17.9 Å². The number of aromatic nitrogens is 3. The first-order valence-electron chi connectivity index (χ1n) is 6.24. The Labute approximate surface area is 128 Å². The zero-order chi connectivity index (χ0) is 15.5. The van der Waals surface area contributed by atoms with Crippen LogP contribution in [0.15, 0.2) is 29.6 Å². The first kappa shape index (κ1) is 15.7. The number of aryl methyl sites for hydroxylation is 1. The van der Waals surface area contributed by atoms with Crippen molar-refractivity contribution >= 4 is 27.4 Å². The predicted molar refractivity (Wildman–Crippen MR) is 80.9 cm³/mol. The molecule has 0 atom stereocenters. The Hall–Kier alpha value is -1.64. The van der Waals surface area contributed by atoms with Crippen LogP contribution in [0.4, 0.5) is 5.82 Å². The van der Waals surface area contributed by atoms with E-state index in [2.05, 4.69) is 20.1 Å². The third kappa shape index (κ3) is 3.93. The van der Waals surface area contributed by atoms with Crippen LogP contribution in [0.3, 0.4) is 0 Å². The molecule has 2 N–H and O–H groups in total. The predicted octanol–water partition coefficient (Wildman–Crippen LogP) is 1.26. The first-order valence-corrected chi connectivity index (χ1v) is 8.10. The molecule has 0 aliphatic heterocycles. The average molecular weight is 330 g/mol. The summed E-state index contributed by atoms with van der Waals surface area (Å²) in [4.78, 5) is 3.98. The van der Waals surface area contributed by atoms with Gasteiger partial charge in [0.15, 0.2) is 0 Å². The van der Waals surface area contributed by atoms with E-state index in [9.17, 15) is 8.42 Å². The van der Waals surface area contributed by atoms with E-state index in [1.807, 2.05) is 13.1 Å². The van der Waals surface area contributed by atoms with Gasteiger partial charge in [-0.2, -0.15) is 5.10 Å². The average Bonchev–Trinajstić information content (AvgIpc) is 2.84. The van der Waals surface area contributed by atoms with Gasteiger partial charge >= 0.3 is 0 Å². The highest BCUT2D eigenvalue weighted by Gasteiger charge is 2.16. The van der Waals surface area contributed by atoms with Crippen molar-refractivity contribution < 1.29 is 8.42 Å². The smallest absolute Gasteiger partial charge is 0.242 e. The monoisotopic (exact) mass is 329 g/mol. The molecule has 0 unspecified atom stereocenters.